The smallest absolute Gasteiger partial charge is 0.0587 e. The Morgan fingerprint density at radius 2 is 1.93 bits per heavy atom. The van der Waals surface area contributed by atoms with Gasteiger partial charge in [0.1, 0.15) is 0 Å². The van der Waals surface area contributed by atoms with Crippen molar-refractivity contribution in [3.05, 3.63) is 0 Å². The average molecular weight is 216 g/mol. The zero-order valence-electron chi connectivity index (χ0n) is 11.3. The van der Waals surface area contributed by atoms with Crippen molar-refractivity contribution in [1.29, 1.82) is 0 Å². The van der Waals surface area contributed by atoms with Crippen LogP contribution in [0.4, 0.5) is 0 Å². The first-order valence-corrected chi connectivity index (χ1v) is 5.76. The molecular weight excluding hydrogens is 188 g/mol. The molecule has 0 aliphatic heterocycles. The normalized spacial score (nSPS) is 14.6. The lowest BCUT2D eigenvalue weighted by atomic mass is 9.96. The minimum Gasteiger partial charge on any atom is -0.383 e. The van der Waals surface area contributed by atoms with Crippen LogP contribution in [0.25, 0.3) is 0 Å². The summed E-state index contributed by atoms with van der Waals surface area (Å²) in [6.07, 6.45) is 0. The fraction of sp³-hybridized carbons (Fsp3) is 1.00. The van der Waals surface area contributed by atoms with Crippen molar-refractivity contribution in [2.45, 2.75) is 33.7 Å². The SMILES string of the molecule is COCCNCC(C)N(C)CC(C)(C)C. The molecular formula is C12H28N2O. The summed E-state index contributed by atoms with van der Waals surface area (Å²) < 4.78 is 4.99. The molecule has 0 aromatic carbocycles. The predicted octanol–water partition coefficient (Wildman–Crippen LogP) is 1.59. The molecule has 0 spiro atoms. The van der Waals surface area contributed by atoms with Crippen LogP contribution < -0.4 is 5.32 Å². The summed E-state index contributed by atoms with van der Waals surface area (Å²) in [6.45, 7) is 12.9. The van der Waals surface area contributed by atoms with Gasteiger partial charge < -0.3 is 15.0 Å². The summed E-state index contributed by atoms with van der Waals surface area (Å²) in [7, 11) is 3.92. The second-order valence-electron chi connectivity index (χ2n) is 5.52. The Hall–Kier alpha value is -0.120. The van der Waals surface area contributed by atoms with E-state index >= 15 is 0 Å². The van der Waals surface area contributed by atoms with Gasteiger partial charge in [-0.3, -0.25) is 0 Å². The number of nitrogens with one attached hydrogen (secondary N) is 1. The van der Waals surface area contributed by atoms with E-state index in [0.29, 0.717) is 11.5 Å². The highest BCUT2D eigenvalue weighted by molar-refractivity contribution is 4.72. The van der Waals surface area contributed by atoms with Crippen molar-refractivity contribution in [1.82, 2.24) is 10.2 Å². The molecule has 0 aromatic rings. The number of rotatable bonds is 7. The molecule has 1 unspecified atom stereocenters. The Kier molecular flexibility index (Phi) is 7.14. The third kappa shape index (κ3) is 8.85. The van der Waals surface area contributed by atoms with Gasteiger partial charge in [0.05, 0.1) is 6.61 Å². The summed E-state index contributed by atoms with van der Waals surface area (Å²) in [5, 5.41) is 3.39. The Morgan fingerprint density at radius 1 is 1.33 bits per heavy atom. The maximum Gasteiger partial charge on any atom is 0.0587 e. The molecule has 0 fully saturated rings. The average Bonchev–Trinajstić information content (AvgIpc) is 2.09. The van der Waals surface area contributed by atoms with Crippen molar-refractivity contribution in [3.8, 4) is 0 Å². The van der Waals surface area contributed by atoms with Crippen molar-refractivity contribution in [2.24, 2.45) is 5.41 Å². The Morgan fingerprint density at radius 3 is 2.40 bits per heavy atom. The van der Waals surface area contributed by atoms with Gasteiger partial charge in [0.15, 0.2) is 0 Å². The van der Waals surface area contributed by atoms with Gasteiger partial charge in [-0.1, -0.05) is 20.8 Å². The molecule has 1 N–H and O–H groups in total. The van der Waals surface area contributed by atoms with Crippen molar-refractivity contribution in [3.63, 3.8) is 0 Å². The van der Waals surface area contributed by atoms with Crippen LogP contribution in [0.1, 0.15) is 27.7 Å². The maximum atomic E-state index is 4.99. The molecule has 0 aliphatic rings. The van der Waals surface area contributed by atoms with Crippen LogP contribution in [0, 0.1) is 5.41 Å². The van der Waals surface area contributed by atoms with Gasteiger partial charge in [-0.15, -0.1) is 0 Å². The number of hydrogen-bond acceptors (Lipinski definition) is 3. The monoisotopic (exact) mass is 216 g/mol. The molecule has 1 atom stereocenters. The minimum atomic E-state index is 0.371. The lowest BCUT2D eigenvalue weighted by Gasteiger charge is -2.31. The molecule has 0 saturated carbocycles. The Bertz CT molecular complexity index is 154. The molecule has 15 heavy (non-hydrogen) atoms. The molecule has 0 aromatic heterocycles. The zero-order valence-corrected chi connectivity index (χ0v) is 11.3. The fourth-order valence-electron chi connectivity index (χ4n) is 1.55. The molecule has 0 rings (SSSR count). The van der Waals surface area contributed by atoms with Crippen LogP contribution in [0.5, 0.6) is 0 Å². The van der Waals surface area contributed by atoms with Gasteiger partial charge in [-0.05, 0) is 19.4 Å². The lowest BCUT2D eigenvalue weighted by Crippen LogP contribution is -2.42. The summed E-state index contributed by atoms with van der Waals surface area (Å²) in [4.78, 5) is 2.40. The maximum absolute atomic E-state index is 4.99. The minimum absolute atomic E-state index is 0.371. The van der Waals surface area contributed by atoms with E-state index in [1.54, 1.807) is 7.11 Å². The molecule has 92 valence electrons. The Balaban J connectivity index is 3.65. The van der Waals surface area contributed by atoms with Gasteiger partial charge in [0, 0.05) is 32.8 Å². The predicted molar refractivity (Wildman–Crippen MR) is 66.3 cm³/mol. The second-order valence-corrected chi connectivity index (χ2v) is 5.52. The third-order valence-electron chi connectivity index (χ3n) is 2.40. The topological polar surface area (TPSA) is 24.5 Å². The Labute approximate surface area is 95.2 Å². The zero-order chi connectivity index (χ0) is 11.9. The quantitative estimate of drug-likeness (QED) is 0.654. The van der Waals surface area contributed by atoms with Crippen LogP contribution in [0.2, 0.25) is 0 Å². The largest absolute Gasteiger partial charge is 0.383 e. The van der Waals surface area contributed by atoms with Gasteiger partial charge in [-0.25, -0.2) is 0 Å². The second kappa shape index (κ2) is 7.20. The summed E-state index contributed by atoms with van der Waals surface area (Å²) in [5.41, 5.74) is 0.371. The summed E-state index contributed by atoms with van der Waals surface area (Å²) in [5.74, 6) is 0. The van der Waals surface area contributed by atoms with E-state index in [4.69, 9.17) is 4.74 Å². The van der Waals surface area contributed by atoms with Gasteiger partial charge in [0.25, 0.3) is 0 Å². The molecule has 0 radical (unpaired) electrons. The summed E-state index contributed by atoms with van der Waals surface area (Å²) in [6, 6.07) is 0.570. The van der Waals surface area contributed by atoms with Gasteiger partial charge in [0.2, 0.25) is 0 Å². The number of methoxy groups -OCH3 is 1. The van der Waals surface area contributed by atoms with E-state index in [1.807, 2.05) is 0 Å². The van der Waals surface area contributed by atoms with Crippen LogP contribution in [0.3, 0.4) is 0 Å². The fourth-order valence-corrected chi connectivity index (χ4v) is 1.55. The van der Waals surface area contributed by atoms with E-state index in [0.717, 1.165) is 26.2 Å². The molecule has 0 heterocycles. The van der Waals surface area contributed by atoms with E-state index in [-0.39, 0.29) is 0 Å². The standard InChI is InChI=1S/C12H28N2O/c1-11(9-13-7-8-15-6)14(5)10-12(2,3)4/h11,13H,7-10H2,1-6H3. The van der Waals surface area contributed by atoms with E-state index in [2.05, 4.69) is 45.0 Å². The van der Waals surface area contributed by atoms with E-state index in [1.165, 1.54) is 0 Å². The summed E-state index contributed by atoms with van der Waals surface area (Å²) >= 11 is 0. The number of nitrogens with zero attached hydrogens (tertiary/aromatic N) is 1. The molecule has 0 aliphatic carbocycles. The van der Waals surface area contributed by atoms with Crippen molar-refractivity contribution < 1.29 is 4.74 Å². The highest BCUT2D eigenvalue weighted by atomic mass is 16.5. The van der Waals surface area contributed by atoms with Crippen LogP contribution in [0.15, 0.2) is 0 Å². The van der Waals surface area contributed by atoms with Crippen molar-refractivity contribution >= 4 is 0 Å². The van der Waals surface area contributed by atoms with Crippen LogP contribution >= 0.6 is 0 Å². The number of likely N-dealkylation sites (N-methyl/N-ethyl adjacent to an activating group) is 1. The van der Waals surface area contributed by atoms with Crippen LogP contribution in [-0.2, 0) is 4.74 Å². The number of hydrogen-bond donors (Lipinski definition) is 1. The number of ether oxygens (including phenoxy) is 1. The third-order valence-corrected chi connectivity index (χ3v) is 2.40. The van der Waals surface area contributed by atoms with Gasteiger partial charge >= 0.3 is 0 Å². The highest BCUT2D eigenvalue weighted by Crippen LogP contribution is 2.15. The first-order chi connectivity index (χ1) is 6.87. The molecule has 0 amide bonds. The first kappa shape index (κ1) is 14.9. The van der Waals surface area contributed by atoms with Crippen LogP contribution in [-0.4, -0.2) is 51.3 Å². The van der Waals surface area contributed by atoms with Gasteiger partial charge in [-0.2, -0.15) is 0 Å². The molecule has 3 heteroatoms. The molecule has 0 saturated heterocycles. The lowest BCUT2D eigenvalue weighted by molar-refractivity contribution is 0.169. The molecule has 0 bridgehead atoms. The van der Waals surface area contributed by atoms with Crippen molar-refractivity contribution in [2.75, 3.05) is 40.4 Å². The van der Waals surface area contributed by atoms with E-state index < -0.39 is 0 Å². The highest BCUT2D eigenvalue weighted by Gasteiger charge is 2.16. The van der Waals surface area contributed by atoms with E-state index in [9.17, 15) is 0 Å². The first-order valence-electron chi connectivity index (χ1n) is 5.76. The molecule has 3 nitrogen and oxygen atoms in total.